The number of aromatic amines is 1. The molecule has 0 atom stereocenters. The zero-order valence-electron chi connectivity index (χ0n) is 11.9. The minimum Gasteiger partial charge on any atom is -0.340 e. The van der Waals surface area contributed by atoms with E-state index in [2.05, 4.69) is 9.97 Å². The van der Waals surface area contributed by atoms with Crippen LogP contribution in [0.3, 0.4) is 0 Å². The van der Waals surface area contributed by atoms with Crippen LogP contribution in [-0.2, 0) is 23.7 Å². The molecule has 0 saturated heterocycles. The lowest BCUT2D eigenvalue weighted by Gasteiger charge is -2.12. The Morgan fingerprint density at radius 3 is 2.26 bits per heavy atom. The highest BCUT2D eigenvalue weighted by molar-refractivity contribution is 5.81. The number of carbonyl (C=O) groups is 1. The van der Waals surface area contributed by atoms with Crippen LogP contribution >= 0.6 is 0 Å². The quantitative estimate of drug-likeness (QED) is 0.851. The van der Waals surface area contributed by atoms with E-state index in [1.54, 1.807) is 0 Å². The second-order valence-corrected chi connectivity index (χ2v) is 4.97. The maximum Gasteiger partial charge on any atom is 0.418 e. The number of hydrogen-bond donors (Lipinski definition) is 1. The van der Waals surface area contributed by atoms with Gasteiger partial charge in [-0.25, -0.2) is 4.98 Å². The lowest BCUT2D eigenvalue weighted by Crippen LogP contribution is -2.23. The van der Waals surface area contributed by atoms with Gasteiger partial charge in [0.15, 0.2) is 0 Å². The molecule has 1 N–H and O–H groups in total. The molecule has 0 fully saturated rings. The number of amides is 1. The van der Waals surface area contributed by atoms with Crippen LogP contribution in [-0.4, -0.2) is 27.8 Å². The predicted octanol–water partition coefficient (Wildman–Crippen LogP) is 3.58. The average molecular weight is 339 g/mol. The molecule has 1 aromatic carbocycles. The molecular weight excluding hydrogens is 328 g/mol. The van der Waals surface area contributed by atoms with Crippen molar-refractivity contribution < 1.29 is 31.1 Å². The van der Waals surface area contributed by atoms with Crippen LogP contribution in [0.15, 0.2) is 12.1 Å². The van der Waals surface area contributed by atoms with E-state index in [-0.39, 0.29) is 24.3 Å². The van der Waals surface area contributed by atoms with Gasteiger partial charge in [0.1, 0.15) is 5.82 Å². The van der Waals surface area contributed by atoms with Gasteiger partial charge in [0.2, 0.25) is 5.91 Å². The molecule has 0 aliphatic rings. The smallest absolute Gasteiger partial charge is 0.340 e. The summed E-state index contributed by atoms with van der Waals surface area (Å²) >= 11 is 0. The fourth-order valence-electron chi connectivity index (χ4n) is 1.96. The maximum atomic E-state index is 13.0. The molecule has 1 amide bonds. The van der Waals surface area contributed by atoms with Crippen LogP contribution in [0.5, 0.6) is 0 Å². The topological polar surface area (TPSA) is 49.0 Å². The van der Waals surface area contributed by atoms with Crippen LogP contribution in [0.25, 0.3) is 11.0 Å². The zero-order valence-corrected chi connectivity index (χ0v) is 11.9. The van der Waals surface area contributed by atoms with Gasteiger partial charge in [0, 0.05) is 14.0 Å². The Morgan fingerprint density at radius 1 is 1.17 bits per heavy atom. The summed E-state index contributed by atoms with van der Waals surface area (Å²) < 4.78 is 77.3. The highest BCUT2D eigenvalue weighted by Gasteiger charge is 2.39. The third kappa shape index (κ3) is 3.57. The first-order chi connectivity index (χ1) is 10.4. The van der Waals surface area contributed by atoms with Gasteiger partial charge in [-0.05, 0) is 12.1 Å². The molecule has 1 heterocycles. The van der Waals surface area contributed by atoms with E-state index in [4.69, 9.17) is 0 Å². The third-order valence-corrected chi connectivity index (χ3v) is 3.20. The maximum absolute atomic E-state index is 13.0. The fourth-order valence-corrected chi connectivity index (χ4v) is 1.96. The van der Waals surface area contributed by atoms with Crippen molar-refractivity contribution in [1.82, 2.24) is 14.9 Å². The fraction of sp³-hybridized carbons (Fsp3) is 0.385. The van der Waals surface area contributed by atoms with Crippen LogP contribution < -0.4 is 0 Å². The van der Waals surface area contributed by atoms with E-state index >= 15 is 0 Å². The molecule has 1 aromatic heterocycles. The number of alkyl halides is 6. The van der Waals surface area contributed by atoms with Gasteiger partial charge < -0.3 is 9.88 Å². The summed E-state index contributed by atoms with van der Waals surface area (Å²) in [7, 11) is 1.39. The number of H-pyrrole nitrogens is 1. The Labute approximate surface area is 126 Å². The van der Waals surface area contributed by atoms with Gasteiger partial charge >= 0.3 is 12.4 Å². The van der Waals surface area contributed by atoms with Crippen molar-refractivity contribution in [1.29, 1.82) is 0 Å². The minimum absolute atomic E-state index is 0.0393. The Hall–Kier alpha value is -2.26. The number of benzene rings is 1. The van der Waals surface area contributed by atoms with Gasteiger partial charge in [-0.1, -0.05) is 0 Å². The van der Waals surface area contributed by atoms with E-state index in [9.17, 15) is 31.1 Å². The monoisotopic (exact) mass is 339 g/mol. The molecule has 0 unspecified atom stereocenters. The Bertz CT molecular complexity index is 746. The molecule has 4 nitrogen and oxygen atoms in total. The lowest BCUT2D eigenvalue weighted by molar-refractivity contribution is -0.142. The summed E-state index contributed by atoms with van der Waals surface area (Å²) in [6.45, 7) is 1.09. The van der Waals surface area contributed by atoms with Gasteiger partial charge in [0.25, 0.3) is 0 Å². The number of nitrogens with zero attached hydrogens (tertiary/aromatic N) is 2. The van der Waals surface area contributed by atoms with Gasteiger partial charge in [0.05, 0.1) is 28.7 Å². The van der Waals surface area contributed by atoms with Crippen molar-refractivity contribution in [3.63, 3.8) is 0 Å². The lowest BCUT2D eigenvalue weighted by atomic mass is 10.1. The Kier molecular flexibility index (Phi) is 4.03. The van der Waals surface area contributed by atoms with E-state index < -0.39 is 34.5 Å². The van der Waals surface area contributed by atoms with E-state index in [0.717, 1.165) is 4.90 Å². The molecule has 2 rings (SSSR count). The van der Waals surface area contributed by atoms with Gasteiger partial charge in [-0.15, -0.1) is 0 Å². The number of nitrogens with one attached hydrogen (secondary N) is 1. The second kappa shape index (κ2) is 5.43. The molecule has 0 radical (unpaired) electrons. The normalized spacial score (nSPS) is 12.7. The molecule has 0 spiro atoms. The summed E-state index contributed by atoms with van der Waals surface area (Å²) in [4.78, 5) is 18.4. The Balaban J connectivity index is 2.61. The number of halogens is 6. The van der Waals surface area contributed by atoms with Crippen molar-refractivity contribution in [3.8, 4) is 0 Å². The average Bonchev–Trinajstić information content (AvgIpc) is 2.76. The van der Waals surface area contributed by atoms with Gasteiger partial charge in [-0.3, -0.25) is 4.79 Å². The summed E-state index contributed by atoms with van der Waals surface area (Å²) in [5, 5.41) is 0. The SMILES string of the molecule is CC(=O)N(C)Cc1nc2cc(C(F)(F)F)cc(C(F)(F)F)c2[nH]1. The standard InChI is InChI=1S/C13H11F6N3O/c1-6(23)22(2)5-10-20-9-4-7(12(14,15)16)3-8(11(9)21-10)13(17,18)19/h3-4H,5H2,1-2H3,(H,20,21). The summed E-state index contributed by atoms with van der Waals surface area (Å²) in [5.74, 6) is -0.403. The molecule has 0 bridgehead atoms. The van der Waals surface area contributed by atoms with Crippen molar-refractivity contribution in [2.45, 2.75) is 25.8 Å². The van der Waals surface area contributed by atoms with E-state index in [1.807, 2.05) is 0 Å². The number of carbonyl (C=O) groups excluding carboxylic acids is 1. The van der Waals surface area contributed by atoms with Crippen molar-refractivity contribution >= 4 is 16.9 Å². The molecule has 2 aromatic rings. The Morgan fingerprint density at radius 2 is 1.78 bits per heavy atom. The molecule has 0 aliphatic carbocycles. The van der Waals surface area contributed by atoms with Crippen LogP contribution in [0, 0.1) is 0 Å². The summed E-state index contributed by atoms with van der Waals surface area (Å²) in [5.41, 5.74) is -3.89. The van der Waals surface area contributed by atoms with Crippen molar-refractivity contribution in [3.05, 3.63) is 29.1 Å². The second-order valence-electron chi connectivity index (χ2n) is 4.97. The van der Waals surface area contributed by atoms with E-state index in [1.165, 1.54) is 14.0 Å². The highest BCUT2D eigenvalue weighted by Crippen LogP contribution is 2.39. The highest BCUT2D eigenvalue weighted by atomic mass is 19.4. The van der Waals surface area contributed by atoms with Crippen molar-refractivity contribution in [2.24, 2.45) is 0 Å². The van der Waals surface area contributed by atoms with Gasteiger partial charge in [-0.2, -0.15) is 26.3 Å². The van der Waals surface area contributed by atoms with Crippen molar-refractivity contribution in [2.75, 3.05) is 7.05 Å². The van der Waals surface area contributed by atoms with Crippen LogP contribution in [0.2, 0.25) is 0 Å². The van der Waals surface area contributed by atoms with Crippen LogP contribution in [0.4, 0.5) is 26.3 Å². The first kappa shape index (κ1) is 17.1. The largest absolute Gasteiger partial charge is 0.418 e. The minimum atomic E-state index is -4.98. The van der Waals surface area contributed by atoms with E-state index in [0.29, 0.717) is 6.07 Å². The molecular formula is C13H11F6N3O. The predicted molar refractivity (Wildman–Crippen MR) is 68.2 cm³/mol. The zero-order chi connectivity index (χ0) is 17.6. The first-order valence-corrected chi connectivity index (χ1v) is 6.28. The third-order valence-electron chi connectivity index (χ3n) is 3.20. The summed E-state index contributed by atoms with van der Waals surface area (Å²) in [6, 6.07) is 0.581. The molecule has 0 saturated carbocycles. The van der Waals surface area contributed by atoms with Crippen LogP contribution in [0.1, 0.15) is 23.9 Å². The molecule has 0 aliphatic heterocycles. The number of aromatic nitrogens is 2. The number of hydrogen-bond acceptors (Lipinski definition) is 2. The number of fused-ring (bicyclic) bond motifs is 1. The molecule has 10 heteroatoms. The summed E-state index contributed by atoms with van der Waals surface area (Å²) in [6.07, 6.45) is -9.90. The molecule has 126 valence electrons. The number of imidazole rings is 1. The number of rotatable bonds is 2. The first-order valence-electron chi connectivity index (χ1n) is 6.28. The molecule has 23 heavy (non-hydrogen) atoms.